The standard InChI is InChI=1S/C18H32N2O/c1-14(2)16(4)19-11-12-20(5)15(3)13-17-9-7-8-10-18(17)21-6/h7-10,14-16,19H,11-13H2,1-6H3. The van der Waals surface area contributed by atoms with Crippen LogP contribution < -0.4 is 10.1 Å². The number of methoxy groups -OCH3 is 1. The van der Waals surface area contributed by atoms with Crippen LogP contribution in [0.2, 0.25) is 0 Å². The van der Waals surface area contributed by atoms with Gasteiger partial charge in [0.1, 0.15) is 5.75 Å². The molecule has 1 rings (SSSR count). The molecule has 3 heteroatoms. The molecule has 21 heavy (non-hydrogen) atoms. The van der Waals surface area contributed by atoms with Crippen LogP contribution >= 0.6 is 0 Å². The second kappa shape index (κ2) is 9.06. The summed E-state index contributed by atoms with van der Waals surface area (Å²) in [5.74, 6) is 1.67. The molecule has 0 fully saturated rings. The topological polar surface area (TPSA) is 24.5 Å². The Bertz CT molecular complexity index is 406. The Hall–Kier alpha value is -1.06. The summed E-state index contributed by atoms with van der Waals surface area (Å²) in [6.45, 7) is 11.1. The lowest BCUT2D eigenvalue weighted by molar-refractivity contribution is 0.247. The minimum Gasteiger partial charge on any atom is -0.496 e. The third kappa shape index (κ3) is 6.06. The third-order valence-corrected chi connectivity index (χ3v) is 4.39. The van der Waals surface area contributed by atoms with Gasteiger partial charge in [-0.25, -0.2) is 0 Å². The molecular formula is C18H32N2O. The molecule has 2 atom stereocenters. The highest BCUT2D eigenvalue weighted by Crippen LogP contribution is 2.20. The first-order valence-corrected chi connectivity index (χ1v) is 8.01. The van der Waals surface area contributed by atoms with Crippen LogP contribution in [0.15, 0.2) is 24.3 Å². The van der Waals surface area contributed by atoms with Crippen molar-refractivity contribution in [2.45, 2.75) is 46.2 Å². The number of hydrogen-bond donors (Lipinski definition) is 1. The quantitative estimate of drug-likeness (QED) is 0.756. The van der Waals surface area contributed by atoms with Gasteiger partial charge in [0.05, 0.1) is 7.11 Å². The fourth-order valence-corrected chi connectivity index (χ4v) is 2.27. The van der Waals surface area contributed by atoms with E-state index >= 15 is 0 Å². The molecule has 0 heterocycles. The van der Waals surface area contributed by atoms with Crippen LogP contribution in [-0.4, -0.2) is 44.2 Å². The van der Waals surface area contributed by atoms with Crippen molar-refractivity contribution >= 4 is 0 Å². The third-order valence-electron chi connectivity index (χ3n) is 4.39. The monoisotopic (exact) mass is 292 g/mol. The molecule has 0 aromatic heterocycles. The van der Waals surface area contributed by atoms with Crippen molar-refractivity contribution in [2.24, 2.45) is 5.92 Å². The first-order chi connectivity index (χ1) is 9.95. The lowest BCUT2D eigenvalue weighted by Gasteiger charge is -2.27. The van der Waals surface area contributed by atoms with Gasteiger partial charge < -0.3 is 15.0 Å². The molecule has 0 amide bonds. The van der Waals surface area contributed by atoms with Crippen LogP contribution in [-0.2, 0) is 6.42 Å². The van der Waals surface area contributed by atoms with E-state index in [2.05, 4.69) is 57.1 Å². The van der Waals surface area contributed by atoms with E-state index in [0.717, 1.165) is 25.3 Å². The van der Waals surface area contributed by atoms with Crippen molar-refractivity contribution < 1.29 is 4.74 Å². The fraction of sp³-hybridized carbons (Fsp3) is 0.667. The van der Waals surface area contributed by atoms with Crippen molar-refractivity contribution in [2.75, 3.05) is 27.2 Å². The van der Waals surface area contributed by atoms with Crippen molar-refractivity contribution in [3.05, 3.63) is 29.8 Å². The fourth-order valence-electron chi connectivity index (χ4n) is 2.27. The average molecular weight is 292 g/mol. The van der Waals surface area contributed by atoms with Crippen molar-refractivity contribution in [1.29, 1.82) is 0 Å². The highest BCUT2D eigenvalue weighted by atomic mass is 16.5. The average Bonchev–Trinajstić information content (AvgIpc) is 2.47. The van der Waals surface area contributed by atoms with E-state index in [9.17, 15) is 0 Å². The maximum Gasteiger partial charge on any atom is 0.122 e. The first-order valence-electron chi connectivity index (χ1n) is 8.01. The SMILES string of the molecule is COc1ccccc1CC(C)N(C)CCNC(C)C(C)C. The van der Waals surface area contributed by atoms with E-state index in [1.165, 1.54) is 5.56 Å². The maximum atomic E-state index is 5.43. The Morgan fingerprint density at radius 3 is 2.43 bits per heavy atom. The zero-order chi connectivity index (χ0) is 15.8. The van der Waals surface area contributed by atoms with E-state index in [0.29, 0.717) is 18.0 Å². The van der Waals surface area contributed by atoms with E-state index < -0.39 is 0 Å². The predicted octanol–water partition coefficient (Wildman–Crippen LogP) is 3.19. The summed E-state index contributed by atoms with van der Waals surface area (Å²) in [4.78, 5) is 2.41. The van der Waals surface area contributed by atoms with Gasteiger partial charge in [-0.15, -0.1) is 0 Å². The van der Waals surface area contributed by atoms with E-state index in [-0.39, 0.29) is 0 Å². The smallest absolute Gasteiger partial charge is 0.122 e. The zero-order valence-electron chi connectivity index (χ0n) is 14.5. The molecule has 0 bridgehead atoms. The number of rotatable bonds is 9. The number of ether oxygens (including phenoxy) is 1. The highest BCUT2D eigenvalue weighted by Gasteiger charge is 2.13. The summed E-state index contributed by atoms with van der Waals surface area (Å²) in [6.07, 6.45) is 1.01. The van der Waals surface area contributed by atoms with Crippen molar-refractivity contribution in [3.8, 4) is 5.75 Å². The van der Waals surface area contributed by atoms with Crippen LogP contribution in [0.3, 0.4) is 0 Å². The molecule has 2 unspecified atom stereocenters. The number of benzene rings is 1. The van der Waals surface area contributed by atoms with Crippen LogP contribution in [0.25, 0.3) is 0 Å². The van der Waals surface area contributed by atoms with E-state index in [1.807, 2.05) is 12.1 Å². The molecule has 0 radical (unpaired) electrons. The second-order valence-electron chi connectivity index (χ2n) is 6.33. The summed E-state index contributed by atoms with van der Waals surface area (Å²) in [6, 6.07) is 9.36. The number of nitrogens with one attached hydrogen (secondary N) is 1. The van der Waals surface area contributed by atoms with E-state index in [1.54, 1.807) is 7.11 Å². The van der Waals surface area contributed by atoms with E-state index in [4.69, 9.17) is 4.74 Å². The molecule has 120 valence electrons. The van der Waals surface area contributed by atoms with Crippen LogP contribution in [0.1, 0.15) is 33.3 Å². The van der Waals surface area contributed by atoms with Gasteiger partial charge in [0.15, 0.2) is 0 Å². The lowest BCUT2D eigenvalue weighted by atomic mass is 10.0. The molecule has 0 saturated heterocycles. The molecule has 0 aliphatic heterocycles. The normalized spacial score (nSPS) is 14.5. The molecule has 1 aromatic carbocycles. The van der Waals surface area contributed by atoms with Crippen LogP contribution in [0.5, 0.6) is 5.75 Å². The molecule has 1 N–H and O–H groups in total. The summed E-state index contributed by atoms with van der Waals surface area (Å²) >= 11 is 0. The lowest BCUT2D eigenvalue weighted by Crippen LogP contribution is -2.40. The van der Waals surface area contributed by atoms with Crippen LogP contribution in [0.4, 0.5) is 0 Å². The summed E-state index contributed by atoms with van der Waals surface area (Å²) in [5.41, 5.74) is 1.28. The maximum absolute atomic E-state index is 5.43. The summed E-state index contributed by atoms with van der Waals surface area (Å²) < 4.78 is 5.43. The van der Waals surface area contributed by atoms with Crippen molar-refractivity contribution in [1.82, 2.24) is 10.2 Å². The molecule has 0 spiro atoms. The molecule has 0 aliphatic carbocycles. The number of nitrogens with zero attached hydrogens (tertiary/aromatic N) is 1. The Morgan fingerprint density at radius 2 is 1.81 bits per heavy atom. The second-order valence-corrected chi connectivity index (χ2v) is 6.33. The minimum absolute atomic E-state index is 0.498. The first kappa shape index (κ1) is 18.0. The molecular weight excluding hydrogens is 260 g/mol. The van der Waals surface area contributed by atoms with Gasteiger partial charge in [0.2, 0.25) is 0 Å². The van der Waals surface area contributed by atoms with Gasteiger partial charge in [-0.3, -0.25) is 0 Å². The molecule has 0 aliphatic rings. The minimum atomic E-state index is 0.498. The Morgan fingerprint density at radius 1 is 1.14 bits per heavy atom. The molecule has 0 saturated carbocycles. The Balaban J connectivity index is 2.42. The number of likely N-dealkylation sites (N-methyl/N-ethyl adjacent to an activating group) is 1. The van der Waals surface area contributed by atoms with Gasteiger partial charge in [0.25, 0.3) is 0 Å². The number of para-hydroxylation sites is 1. The van der Waals surface area contributed by atoms with Gasteiger partial charge in [-0.2, -0.15) is 0 Å². The zero-order valence-corrected chi connectivity index (χ0v) is 14.5. The van der Waals surface area contributed by atoms with Gasteiger partial charge in [-0.1, -0.05) is 32.0 Å². The largest absolute Gasteiger partial charge is 0.496 e. The number of hydrogen-bond acceptors (Lipinski definition) is 3. The molecule has 1 aromatic rings. The Labute approximate surface area is 130 Å². The summed E-state index contributed by atoms with van der Waals surface area (Å²) in [5, 5.41) is 3.59. The van der Waals surface area contributed by atoms with Gasteiger partial charge in [-0.05, 0) is 44.9 Å². The van der Waals surface area contributed by atoms with Gasteiger partial charge in [0, 0.05) is 25.2 Å². The van der Waals surface area contributed by atoms with Crippen molar-refractivity contribution in [3.63, 3.8) is 0 Å². The predicted molar refractivity (Wildman–Crippen MR) is 91.1 cm³/mol. The molecule has 3 nitrogen and oxygen atoms in total. The summed E-state index contributed by atoms with van der Waals surface area (Å²) in [7, 11) is 3.94. The Kier molecular flexibility index (Phi) is 7.76. The van der Waals surface area contributed by atoms with Crippen LogP contribution in [0, 0.1) is 5.92 Å². The highest BCUT2D eigenvalue weighted by molar-refractivity contribution is 5.33. The van der Waals surface area contributed by atoms with Gasteiger partial charge >= 0.3 is 0 Å².